The Morgan fingerprint density at radius 2 is 1.88 bits per heavy atom. The van der Waals surface area contributed by atoms with E-state index in [1.165, 1.54) is 4.68 Å². The molecule has 3 N–H and O–H groups in total. The third-order valence-corrected chi connectivity index (χ3v) is 3.53. The summed E-state index contributed by atoms with van der Waals surface area (Å²) in [5.41, 5.74) is 7.89. The lowest BCUT2D eigenvalue weighted by Crippen LogP contribution is -2.02. The number of nitrogens with one attached hydrogen (secondary N) is 1. The predicted molar refractivity (Wildman–Crippen MR) is 93.3 cm³/mol. The number of benzene rings is 2. The Labute approximate surface area is 144 Å². The zero-order valence-electron chi connectivity index (χ0n) is 13.7. The molecule has 0 aliphatic heterocycles. The van der Waals surface area contributed by atoms with Crippen molar-refractivity contribution in [2.75, 3.05) is 25.3 Å². The molecule has 0 aliphatic carbocycles. The molecule has 25 heavy (non-hydrogen) atoms. The minimum Gasteiger partial charge on any atom is -0.497 e. The first-order valence-electron chi connectivity index (χ1n) is 7.36. The van der Waals surface area contributed by atoms with Gasteiger partial charge in [-0.05, 0) is 36.4 Å². The lowest BCUT2D eigenvalue weighted by atomic mass is 10.2. The van der Waals surface area contributed by atoms with Crippen molar-refractivity contribution >= 4 is 17.6 Å². The van der Waals surface area contributed by atoms with Gasteiger partial charge in [0.05, 0.1) is 37.2 Å². The molecule has 1 heterocycles. The maximum atomic E-state index is 8.87. The van der Waals surface area contributed by atoms with E-state index in [-0.39, 0.29) is 5.95 Å². The standard InChI is InChI=1S/C17H16N6O2/c1-24-13-7-8-14(15(9-13)25-2)20-17-21-16(19)23(22-17)12-5-3-11(10-18)4-6-12/h3-9H,1-2H3,(H3,19,20,21,22). The third-order valence-electron chi connectivity index (χ3n) is 3.53. The minimum absolute atomic E-state index is 0.222. The normalized spacial score (nSPS) is 10.1. The fourth-order valence-corrected chi connectivity index (χ4v) is 2.27. The van der Waals surface area contributed by atoms with E-state index in [9.17, 15) is 0 Å². The number of nitriles is 1. The molecule has 0 amide bonds. The second-order valence-corrected chi connectivity index (χ2v) is 5.06. The van der Waals surface area contributed by atoms with Crippen LogP contribution in [0.2, 0.25) is 0 Å². The Hall–Kier alpha value is -3.73. The van der Waals surface area contributed by atoms with Gasteiger partial charge >= 0.3 is 0 Å². The quantitative estimate of drug-likeness (QED) is 0.736. The van der Waals surface area contributed by atoms with Crippen LogP contribution in [-0.4, -0.2) is 29.0 Å². The van der Waals surface area contributed by atoms with E-state index in [0.29, 0.717) is 34.4 Å². The Morgan fingerprint density at radius 3 is 2.52 bits per heavy atom. The smallest absolute Gasteiger partial charge is 0.248 e. The van der Waals surface area contributed by atoms with Crippen LogP contribution in [0.5, 0.6) is 11.5 Å². The van der Waals surface area contributed by atoms with E-state index in [0.717, 1.165) is 0 Å². The van der Waals surface area contributed by atoms with Gasteiger partial charge in [-0.3, -0.25) is 0 Å². The fourth-order valence-electron chi connectivity index (χ4n) is 2.27. The number of nitrogen functional groups attached to an aromatic ring is 1. The molecule has 0 aliphatic rings. The zero-order chi connectivity index (χ0) is 17.8. The lowest BCUT2D eigenvalue weighted by molar-refractivity contribution is 0.395. The van der Waals surface area contributed by atoms with Gasteiger partial charge in [-0.1, -0.05) is 0 Å². The maximum Gasteiger partial charge on any atom is 0.248 e. The van der Waals surface area contributed by atoms with Gasteiger partial charge in [0, 0.05) is 6.07 Å². The van der Waals surface area contributed by atoms with Crippen LogP contribution in [0.4, 0.5) is 17.6 Å². The van der Waals surface area contributed by atoms with Crippen molar-refractivity contribution in [2.45, 2.75) is 0 Å². The maximum absolute atomic E-state index is 8.87. The lowest BCUT2D eigenvalue weighted by Gasteiger charge is -2.10. The molecule has 0 unspecified atom stereocenters. The van der Waals surface area contributed by atoms with Gasteiger partial charge in [-0.2, -0.15) is 14.9 Å². The Kier molecular flexibility index (Phi) is 4.39. The van der Waals surface area contributed by atoms with E-state index in [1.54, 1.807) is 56.7 Å². The first-order valence-corrected chi connectivity index (χ1v) is 7.36. The molecule has 0 spiro atoms. The fraction of sp³-hybridized carbons (Fsp3) is 0.118. The van der Waals surface area contributed by atoms with Crippen LogP contribution < -0.4 is 20.5 Å². The van der Waals surface area contributed by atoms with Crippen LogP contribution in [0.15, 0.2) is 42.5 Å². The third kappa shape index (κ3) is 3.30. The summed E-state index contributed by atoms with van der Waals surface area (Å²) in [6.45, 7) is 0. The first kappa shape index (κ1) is 16.1. The topological polar surface area (TPSA) is 111 Å². The van der Waals surface area contributed by atoms with Crippen LogP contribution in [0.3, 0.4) is 0 Å². The highest BCUT2D eigenvalue weighted by molar-refractivity contribution is 5.65. The molecule has 8 nitrogen and oxygen atoms in total. The molecule has 0 radical (unpaired) electrons. The number of nitrogens with zero attached hydrogens (tertiary/aromatic N) is 4. The van der Waals surface area contributed by atoms with Crippen LogP contribution >= 0.6 is 0 Å². The van der Waals surface area contributed by atoms with Crippen LogP contribution in [-0.2, 0) is 0 Å². The average molecular weight is 336 g/mol. The molecule has 0 saturated carbocycles. The summed E-state index contributed by atoms with van der Waals surface area (Å²) in [7, 11) is 3.15. The van der Waals surface area contributed by atoms with E-state index in [4.69, 9.17) is 20.5 Å². The number of anilines is 3. The molecule has 0 bridgehead atoms. The molecule has 2 aromatic carbocycles. The summed E-state index contributed by atoms with van der Waals surface area (Å²) in [5.74, 6) is 1.82. The molecule has 0 saturated heterocycles. The SMILES string of the molecule is COc1ccc(Nc2nc(N)n(-c3ccc(C#N)cc3)n2)c(OC)c1. The number of aromatic nitrogens is 3. The monoisotopic (exact) mass is 336 g/mol. The highest BCUT2D eigenvalue weighted by Gasteiger charge is 2.12. The first-order chi connectivity index (χ1) is 12.1. The van der Waals surface area contributed by atoms with E-state index in [2.05, 4.69) is 21.5 Å². The van der Waals surface area contributed by atoms with Gasteiger partial charge in [0.2, 0.25) is 11.9 Å². The van der Waals surface area contributed by atoms with Crippen molar-refractivity contribution in [3.8, 4) is 23.3 Å². The van der Waals surface area contributed by atoms with Gasteiger partial charge < -0.3 is 20.5 Å². The number of nitrogens with two attached hydrogens (primary N) is 1. The van der Waals surface area contributed by atoms with Crippen molar-refractivity contribution in [3.05, 3.63) is 48.0 Å². The molecule has 126 valence electrons. The highest BCUT2D eigenvalue weighted by Crippen LogP contribution is 2.31. The van der Waals surface area contributed by atoms with Crippen LogP contribution in [0.25, 0.3) is 5.69 Å². The summed E-state index contributed by atoms with van der Waals surface area (Å²) < 4.78 is 12.0. The second-order valence-electron chi connectivity index (χ2n) is 5.06. The van der Waals surface area contributed by atoms with Gasteiger partial charge in [-0.25, -0.2) is 0 Å². The number of rotatable bonds is 5. The van der Waals surface area contributed by atoms with Crippen molar-refractivity contribution in [1.82, 2.24) is 14.8 Å². The number of ether oxygens (including phenoxy) is 2. The van der Waals surface area contributed by atoms with E-state index < -0.39 is 0 Å². The van der Waals surface area contributed by atoms with Crippen molar-refractivity contribution in [1.29, 1.82) is 5.26 Å². The molecule has 8 heteroatoms. The van der Waals surface area contributed by atoms with E-state index >= 15 is 0 Å². The molecule has 0 atom stereocenters. The number of methoxy groups -OCH3 is 2. The molecular weight excluding hydrogens is 320 g/mol. The van der Waals surface area contributed by atoms with Gasteiger partial charge in [0.25, 0.3) is 0 Å². The number of hydrogen-bond acceptors (Lipinski definition) is 7. The van der Waals surface area contributed by atoms with Crippen LogP contribution in [0.1, 0.15) is 5.56 Å². The number of hydrogen-bond donors (Lipinski definition) is 2. The molecule has 3 aromatic rings. The second kappa shape index (κ2) is 6.80. The molecule has 0 fully saturated rings. The average Bonchev–Trinajstić information content (AvgIpc) is 3.02. The largest absolute Gasteiger partial charge is 0.497 e. The summed E-state index contributed by atoms with van der Waals surface area (Å²) in [6.07, 6.45) is 0. The van der Waals surface area contributed by atoms with Gasteiger partial charge in [0.1, 0.15) is 11.5 Å². The van der Waals surface area contributed by atoms with Crippen molar-refractivity contribution < 1.29 is 9.47 Å². The summed E-state index contributed by atoms with van der Waals surface area (Å²) >= 11 is 0. The predicted octanol–water partition coefficient (Wildman–Crippen LogP) is 2.48. The van der Waals surface area contributed by atoms with Gasteiger partial charge in [0.15, 0.2) is 0 Å². The Bertz CT molecular complexity index is 927. The van der Waals surface area contributed by atoms with Crippen molar-refractivity contribution in [2.24, 2.45) is 0 Å². The molecular formula is C17H16N6O2. The highest BCUT2D eigenvalue weighted by atomic mass is 16.5. The minimum atomic E-state index is 0.222. The summed E-state index contributed by atoms with van der Waals surface area (Å²) in [5, 5.41) is 16.3. The van der Waals surface area contributed by atoms with E-state index in [1.807, 2.05) is 0 Å². The van der Waals surface area contributed by atoms with Crippen LogP contribution in [0, 0.1) is 11.3 Å². The molecule has 3 rings (SSSR count). The Balaban J connectivity index is 1.89. The zero-order valence-corrected chi connectivity index (χ0v) is 13.7. The summed E-state index contributed by atoms with van der Waals surface area (Å²) in [4.78, 5) is 4.21. The Morgan fingerprint density at radius 1 is 1.12 bits per heavy atom. The van der Waals surface area contributed by atoms with Gasteiger partial charge in [-0.15, -0.1) is 5.10 Å². The van der Waals surface area contributed by atoms with Crippen molar-refractivity contribution in [3.63, 3.8) is 0 Å². The summed E-state index contributed by atoms with van der Waals surface area (Å²) in [6, 6.07) is 14.3. The molecule has 1 aromatic heterocycles.